The molecule has 4 aromatic heterocycles. The van der Waals surface area contributed by atoms with Gasteiger partial charge in [0, 0.05) is 39.2 Å². The van der Waals surface area contributed by atoms with Crippen LogP contribution in [0.5, 0.6) is 5.88 Å². The maximum atomic E-state index is 11.3. The minimum atomic E-state index is -3.02. The Kier molecular flexibility index (Phi) is 6.28. The Morgan fingerprint density at radius 3 is 2.81 bits per heavy atom. The Bertz CT molecular complexity index is 1330. The fraction of sp³-hybridized carbons (Fsp3) is 0.381. The van der Waals surface area contributed by atoms with Gasteiger partial charge in [-0.15, -0.1) is 5.10 Å². The fourth-order valence-corrected chi connectivity index (χ4v) is 3.95. The van der Waals surface area contributed by atoms with E-state index in [9.17, 15) is 8.42 Å². The van der Waals surface area contributed by atoms with Gasteiger partial charge in [-0.25, -0.2) is 22.9 Å². The van der Waals surface area contributed by atoms with Gasteiger partial charge in [0.05, 0.1) is 30.5 Å². The average molecular weight is 460 g/mol. The molecule has 0 N–H and O–H groups in total. The fourth-order valence-electron chi connectivity index (χ4n) is 3.31. The number of likely N-dealkylation sites (N-methyl/N-ethyl adjacent to an activating group) is 1. The predicted molar refractivity (Wildman–Crippen MR) is 121 cm³/mol. The summed E-state index contributed by atoms with van der Waals surface area (Å²) in [6.07, 6.45) is 5.00. The van der Waals surface area contributed by atoms with Crippen molar-refractivity contribution >= 4 is 32.3 Å². The zero-order valence-corrected chi connectivity index (χ0v) is 19.0. The van der Waals surface area contributed by atoms with E-state index >= 15 is 0 Å². The first-order valence-corrected chi connectivity index (χ1v) is 12.2. The van der Waals surface area contributed by atoms with Crippen LogP contribution in [0.3, 0.4) is 0 Å². The molecule has 0 aliphatic carbocycles. The van der Waals surface area contributed by atoms with E-state index in [2.05, 4.69) is 15.1 Å². The molecular formula is C21H25N5O5S. The Morgan fingerprint density at radius 2 is 2.03 bits per heavy atom. The van der Waals surface area contributed by atoms with Crippen LogP contribution in [-0.4, -0.2) is 73.9 Å². The third-order valence-electron chi connectivity index (χ3n) is 4.92. The van der Waals surface area contributed by atoms with Gasteiger partial charge in [0.2, 0.25) is 5.88 Å². The van der Waals surface area contributed by atoms with Gasteiger partial charge in [-0.2, -0.15) is 0 Å². The van der Waals surface area contributed by atoms with E-state index in [0.717, 1.165) is 11.2 Å². The predicted octanol–water partition coefficient (Wildman–Crippen LogP) is 2.43. The molecule has 0 saturated carbocycles. The van der Waals surface area contributed by atoms with Crippen LogP contribution in [0.25, 0.3) is 28.1 Å². The molecule has 0 aliphatic heterocycles. The highest BCUT2D eigenvalue weighted by molar-refractivity contribution is 7.90. The van der Waals surface area contributed by atoms with Crippen molar-refractivity contribution in [2.45, 2.75) is 6.42 Å². The lowest BCUT2D eigenvalue weighted by Gasteiger charge is -2.17. The number of nitrogens with zero attached hydrogens (tertiary/aromatic N) is 5. The minimum absolute atomic E-state index is 0.0692. The van der Waals surface area contributed by atoms with Crippen molar-refractivity contribution in [2.24, 2.45) is 0 Å². The molecule has 0 saturated heterocycles. The van der Waals surface area contributed by atoms with E-state index in [1.807, 2.05) is 24.1 Å². The Morgan fingerprint density at radius 1 is 1.19 bits per heavy atom. The monoisotopic (exact) mass is 459 g/mol. The SMILES string of the molecule is COCCN(C)c1nccc2oc(-c3cnc4ccc(OCCCS(C)(=O)=O)nn34)cc12. The number of aromatic nitrogens is 4. The van der Waals surface area contributed by atoms with Crippen LogP contribution in [0, 0.1) is 0 Å². The number of methoxy groups -OCH3 is 1. The summed E-state index contributed by atoms with van der Waals surface area (Å²) < 4.78 is 41.1. The molecule has 0 radical (unpaired) electrons. The van der Waals surface area contributed by atoms with E-state index in [1.54, 1.807) is 36.2 Å². The maximum Gasteiger partial charge on any atom is 0.231 e. The summed E-state index contributed by atoms with van der Waals surface area (Å²) in [4.78, 5) is 10.9. The van der Waals surface area contributed by atoms with E-state index in [4.69, 9.17) is 13.9 Å². The first-order chi connectivity index (χ1) is 15.4. The molecule has 0 atom stereocenters. The van der Waals surface area contributed by atoms with Crippen molar-refractivity contribution in [3.63, 3.8) is 0 Å². The number of pyridine rings is 1. The molecule has 0 bridgehead atoms. The van der Waals surface area contributed by atoms with Gasteiger partial charge in [0.25, 0.3) is 0 Å². The summed E-state index contributed by atoms with van der Waals surface area (Å²) in [5, 5.41) is 5.37. The van der Waals surface area contributed by atoms with Crippen LogP contribution in [0.4, 0.5) is 5.82 Å². The average Bonchev–Trinajstić information content (AvgIpc) is 3.37. The molecule has 0 aliphatic rings. The van der Waals surface area contributed by atoms with Gasteiger partial charge in [-0.3, -0.25) is 0 Å². The number of furan rings is 1. The quantitative estimate of drug-likeness (QED) is 0.330. The van der Waals surface area contributed by atoms with E-state index in [1.165, 1.54) is 6.26 Å². The number of anilines is 1. The Balaban J connectivity index is 1.61. The lowest BCUT2D eigenvalue weighted by Crippen LogP contribution is -2.23. The highest BCUT2D eigenvalue weighted by Crippen LogP contribution is 2.32. The zero-order chi connectivity index (χ0) is 22.7. The molecule has 4 aromatic rings. The van der Waals surface area contributed by atoms with E-state index < -0.39 is 9.84 Å². The number of sulfone groups is 1. The van der Waals surface area contributed by atoms with Crippen molar-refractivity contribution < 1.29 is 22.3 Å². The molecule has 32 heavy (non-hydrogen) atoms. The molecule has 10 nitrogen and oxygen atoms in total. The standard InChI is InChI=1S/C21H25N5O5S/c1-25(9-11-29-2)21-15-13-18(31-17(15)7-8-22-21)16-14-23-19-5-6-20(24-26(16)19)30-10-4-12-32(3,27)28/h5-8,13-14H,4,9-12H2,1-3H3. The first-order valence-electron chi connectivity index (χ1n) is 10.1. The third-order valence-corrected chi connectivity index (χ3v) is 5.95. The molecule has 0 aromatic carbocycles. The summed E-state index contributed by atoms with van der Waals surface area (Å²) in [5.74, 6) is 1.84. The van der Waals surface area contributed by atoms with Gasteiger partial charge < -0.3 is 18.8 Å². The molecule has 170 valence electrons. The van der Waals surface area contributed by atoms with Gasteiger partial charge in [0.1, 0.15) is 26.9 Å². The summed E-state index contributed by atoms with van der Waals surface area (Å²) >= 11 is 0. The third kappa shape index (κ3) is 4.83. The van der Waals surface area contributed by atoms with Crippen LogP contribution in [0.2, 0.25) is 0 Å². The number of imidazole rings is 1. The second-order valence-electron chi connectivity index (χ2n) is 7.49. The highest BCUT2D eigenvalue weighted by atomic mass is 32.2. The second kappa shape index (κ2) is 9.13. The minimum Gasteiger partial charge on any atom is -0.477 e. The van der Waals surface area contributed by atoms with Gasteiger partial charge in [-0.05, 0) is 24.6 Å². The number of hydrogen-bond acceptors (Lipinski definition) is 9. The largest absolute Gasteiger partial charge is 0.477 e. The number of hydrogen-bond donors (Lipinski definition) is 0. The molecule has 4 rings (SSSR count). The summed E-state index contributed by atoms with van der Waals surface area (Å²) in [6, 6.07) is 7.24. The Hall–Kier alpha value is -3.18. The lowest BCUT2D eigenvalue weighted by atomic mass is 10.2. The highest BCUT2D eigenvalue weighted by Gasteiger charge is 2.17. The number of rotatable bonds is 10. The van der Waals surface area contributed by atoms with Crippen molar-refractivity contribution in [1.29, 1.82) is 0 Å². The van der Waals surface area contributed by atoms with Crippen molar-refractivity contribution in [3.8, 4) is 17.3 Å². The number of fused-ring (bicyclic) bond motifs is 2. The van der Waals surface area contributed by atoms with Crippen LogP contribution in [-0.2, 0) is 14.6 Å². The summed E-state index contributed by atoms with van der Waals surface area (Å²) in [5.41, 5.74) is 2.01. The van der Waals surface area contributed by atoms with Gasteiger partial charge in [-0.1, -0.05) is 0 Å². The van der Waals surface area contributed by atoms with Crippen molar-refractivity contribution in [1.82, 2.24) is 19.6 Å². The van der Waals surface area contributed by atoms with Crippen molar-refractivity contribution in [3.05, 3.63) is 36.7 Å². The molecule has 4 heterocycles. The van der Waals surface area contributed by atoms with E-state index in [0.29, 0.717) is 48.1 Å². The van der Waals surface area contributed by atoms with Crippen molar-refractivity contribution in [2.75, 3.05) is 50.8 Å². The zero-order valence-electron chi connectivity index (χ0n) is 18.2. The molecule has 11 heteroatoms. The maximum absolute atomic E-state index is 11.3. The van der Waals surface area contributed by atoms with Crippen LogP contribution in [0.1, 0.15) is 6.42 Å². The normalized spacial score (nSPS) is 12.0. The van der Waals surface area contributed by atoms with Crippen LogP contribution >= 0.6 is 0 Å². The van der Waals surface area contributed by atoms with Crippen LogP contribution in [0.15, 0.2) is 41.1 Å². The molecule has 0 unspecified atom stereocenters. The lowest BCUT2D eigenvalue weighted by molar-refractivity contribution is 0.206. The second-order valence-corrected chi connectivity index (χ2v) is 9.75. The molecule has 0 spiro atoms. The van der Waals surface area contributed by atoms with Gasteiger partial charge >= 0.3 is 0 Å². The first kappa shape index (κ1) is 22.0. The Labute approximate surface area is 185 Å². The number of ether oxygens (including phenoxy) is 2. The van der Waals surface area contributed by atoms with E-state index in [-0.39, 0.29) is 12.4 Å². The molecule has 0 fully saturated rings. The summed E-state index contributed by atoms with van der Waals surface area (Å²) in [7, 11) is 0.602. The van der Waals surface area contributed by atoms with Crippen LogP contribution < -0.4 is 9.64 Å². The smallest absolute Gasteiger partial charge is 0.231 e. The molecule has 0 amide bonds. The summed E-state index contributed by atoms with van der Waals surface area (Å²) in [6.45, 7) is 1.53. The van der Waals surface area contributed by atoms with Gasteiger partial charge in [0.15, 0.2) is 11.4 Å². The molecular weight excluding hydrogens is 434 g/mol. The topological polar surface area (TPSA) is 112 Å².